The molecule has 0 spiro atoms. The molecule has 1 aromatic rings. The summed E-state index contributed by atoms with van der Waals surface area (Å²) in [6.45, 7) is 6.43. The molecule has 1 aromatic carbocycles. The lowest BCUT2D eigenvalue weighted by Crippen LogP contribution is -2.61. The Labute approximate surface area is 194 Å². The van der Waals surface area contributed by atoms with E-state index in [0.29, 0.717) is 12.5 Å². The van der Waals surface area contributed by atoms with Crippen LogP contribution in [0.25, 0.3) is 0 Å². The van der Waals surface area contributed by atoms with Crippen molar-refractivity contribution in [3.05, 3.63) is 29.8 Å². The fourth-order valence-corrected chi connectivity index (χ4v) is 4.29. The molecule has 2 aliphatic rings. The lowest BCUT2D eigenvalue weighted by Gasteiger charge is -2.40. The molecule has 1 aliphatic carbocycles. The molecular weight excluding hydrogens is 430 g/mol. The van der Waals surface area contributed by atoms with Crippen molar-refractivity contribution < 1.29 is 39.4 Å². The number of carboxylic acids is 1. The van der Waals surface area contributed by atoms with Gasteiger partial charge in [0.1, 0.15) is 36.8 Å². The minimum Gasteiger partial charge on any atom is -0.491 e. The summed E-state index contributed by atoms with van der Waals surface area (Å²) in [6.07, 6.45) is -4.21. The average molecular weight is 468 g/mol. The highest BCUT2D eigenvalue weighted by atomic mass is 16.7. The Morgan fingerprint density at radius 2 is 1.79 bits per heavy atom. The summed E-state index contributed by atoms with van der Waals surface area (Å²) < 4.78 is 17.3. The minimum atomic E-state index is -1.77. The Kier molecular flexibility index (Phi) is 8.71. The highest BCUT2D eigenvalue weighted by molar-refractivity contribution is 5.73. The Morgan fingerprint density at radius 1 is 1.12 bits per heavy atom. The van der Waals surface area contributed by atoms with E-state index in [9.17, 15) is 25.2 Å². The van der Waals surface area contributed by atoms with Gasteiger partial charge in [-0.3, -0.25) is 0 Å². The molecule has 0 unspecified atom stereocenters. The normalized spacial score (nSPS) is 29.7. The van der Waals surface area contributed by atoms with Crippen LogP contribution in [-0.4, -0.2) is 81.9 Å². The van der Waals surface area contributed by atoms with Crippen molar-refractivity contribution in [2.75, 3.05) is 13.2 Å². The Morgan fingerprint density at radius 3 is 2.42 bits per heavy atom. The number of aliphatic carboxylic acids is 1. The number of para-hydroxylation sites is 1. The van der Waals surface area contributed by atoms with Crippen molar-refractivity contribution in [3.63, 3.8) is 0 Å². The molecule has 0 radical (unpaired) electrons. The first-order valence-electron chi connectivity index (χ1n) is 11.6. The first-order valence-corrected chi connectivity index (χ1v) is 11.6. The van der Waals surface area contributed by atoms with Crippen LogP contribution in [0, 0.1) is 0 Å². The van der Waals surface area contributed by atoms with Gasteiger partial charge in [-0.1, -0.05) is 31.0 Å². The zero-order valence-corrected chi connectivity index (χ0v) is 19.5. The molecule has 1 aliphatic heterocycles. The van der Waals surface area contributed by atoms with Gasteiger partial charge >= 0.3 is 5.97 Å². The van der Waals surface area contributed by atoms with Crippen LogP contribution in [0.3, 0.4) is 0 Å². The summed E-state index contributed by atoms with van der Waals surface area (Å²) in [5, 5.41) is 43.0. The fourth-order valence-electron chi connectivity index (χ4n) is 4.29. The summed E-state index contributed by atoms with van der Waals surface area (Å²) in [4.78, 5) is 11.4. The van der Waals surface area contributed by atoms with E-state index in [0.717, 1.165) is 24.2 Å². The number of ether oxygens (including phenoxy) is 3. The second-order valence-electron chi connectivity index (χ2n) is 9.95. The Bertz CT molecular complexity index is 776. The number of hydrogen-bond donors (Lipinski definition) is 5. The molecule has 1 saturated carbocycles. The number of rotatable bonds is 9. The van der Waals surface area contributed by atoms with Crippen LogP contribution in [0.2, 0.25) is 0 Å². The molecule has 33 heavy (non-hydrogen) atoms. The lowest BCUT2D eigenvalue weighted by molar-refractivity contribution is -0.305. The lowest BCUT2D eigenvalue weighted by atomic mass is 9.97. The van der Waals surface area contributed by atoms with Crippen LogP contribution >= 0.6 is 0 Å². The van der Waals surface area contributed by atoms with Gasteiger partial charge in [-0.2, -0.15) is 0 Å². The summed E-state index contributed by atoms with van der Waals surface area (Å²) in [7, 11) is 0. The molecule has 1 heterocycles. The molecule has 186 valence electrons. The highest BCUT2D eigenvalue weighted by Crippen LogP contribution is 2.38. The zero-order valence-electron chi connectivity index (χ0n) is 19.5. The second-order valence-corrected chi connectivity index (χ2v) is 9.95. The number of aliphatic hydroxyl groups excluding tert-OH is 3. The van der Waals surface area contributed by atoms with Gasteiger partial charge in [0.05, 0.1) is 0 Å². The van der Waals surface area contributed by atoms with Crippen molar-refractivity contribution in [2.24, 2.45) is 0 Å². The Hall–Kier alpha value is -1.75. The van der Waals surface area contributed by atoms with Crippen molar-refractivity contribution in [3.8, 4) is 5.75 Å². The van der Waals surface area contributed by atoms with Crippen LogP contribution in [0.4, 0.5) is 0 Å². The van der Waals surface area contributed by atoms with Gasteiger partial charge in [0.25, 0.3) is 0 Å². The molecule has 2 fully saturated rings. The predicted molar refractivity (Wildman–Crippen MR) is 120 cm³/mol. The van der Waals surface area contributed by atoms with Gasteiger partial charge in [0.2, 0.25) is 0 Å². The summed E-state index contributed by atoms with van der Waals surface area (Å²) in [6, 6.07) is 7.92. The second kappa shape index (κ2) is 11.1. The Balaban J connectivity index is 1.72. The largest absolute Gasteiger partial charge is 0.491 e. The van der Waals surface area contributed by atoms with Crippen LogP contribution in [0.1, 0.15) is 57.9 Å². The van der Waals surface area contributed by atoms with Crippen LogP contribution in [0.15, 0.2) is 24.3 Å². The quantitative estimate of drug-likeness (QED) is 0.365. The topological polar surface area (TPSA) is 138 Å². The third-order valence-corrected chi connectivity index (χ3v) is 6.14. The molecule has 9 nitrogen and oxygen atoms in total. The molecule has 0 bridgehead atoms. The smallest absolute Gasteiger partial charge is 0.335 e. The predicted octanol–water partition coefficient (Wildman–Crippen LogP) is 1.39. The van der Waals surface area contributed by atoms with E-state index in [-0.39, 0.29) is 12.1 Å². The van der Waals surface area contributed by atoms with Crippen LogP contribution in [0.5, 0.6) is 5.75 Å². The molecular formula is C24H37NO8. The number of aliphatic hydroxyl groups is 3. The maximum absolute atomic E-state index is 11.4. The van der Waals surface area contributed by atoms with Crippen molar-refractivity contribution in [2.45, 2.75) is 94.7 Å². The average Bonchev–Trinajstić information content (AvgIpc) is 3.29. The molecule has 6 atom stereocenters. The molecule has 0 aromatic heterocycles. The minimum absolute atomic E-state index is 0.121. The number of carbonyl (C=O) groups is 1. The maximum Gasteiger partial charge on any atom is 0.335 e. The van der Waals surface area contributed by atoms with E-state index in [2.05, 4.69) is 11.4 Å². The third-order valence-electron chi connectivity index (χ3n) is 6.14. The zero-order chi connectivity index (χ0) is 24.2. The van der Waals surface area contributed by atoms with Crippen molar-refractivity contribution >= 4 is 5.97 Å². The van der Waals surface area contributed by atoms with E-state index >= 15 is 0 Å². The van der Waals surface area contributed by atoms with Gasteiger partial charge in [-0.05, 0) is 51.2 Å². The summed E-state index contributed by atoms with van der Waals surface area (Å²) in [5.74, 6) is -0.212. The number of carboxylic acid groups (broad SMARTS) is 1. The van der Waals surface area contributed by atoms with Gasteiger partial charge in [0, 0.05) is 12.1 Å². The molecule has 0 amide bonds. The van der Waals surface area contributed by atoms with E-state index < -0.39 is 42.8 Å². The summed E-state index contributed by atoms with van der Waals surface area (Å²) >= 11 is 0. The van der Waals surface area contributed by atoms with E-state index in [1.54, 1.807) is 0 Å². The van der Waals surface area contributed by atoms with Gasteiger partial charge in [-0.15, -0.1) is 0 Å². The third kappa shape index (κ3) is 6.88. The summed E-state index contributed by atoms with van der Waals surface area (Å²) in [5.41, 5.74) is 0.935. The number of benzene rings is 1. The number of hydrogen-bond acceptors (Lipinski definition) is 8. The molecule has 3 rings (SSSR count). The standard InChI is InChI=1S/C24H37NO8/c1-24(2,3)25-12-15(32-23-20(28)18(26)19(27)21(33-23)22(29)30)13-31-17-11-7-6-10-16(17)14-8-4-5-9-14/h6-7,10-11,14-15,18-21,23,25-28H,4-5,8-9,12-13H2,1-3H3,(H,29,30)/t15-,18+,19+,20-,21+,23+/m1/s1. The van der Waals surface area contributed by atoms with Gasteiger partial charge in [0.15, 0.2) is 12.4 Å². The van der Waals surface area contributed by atoms with E-state index in [1.165, 1.54) is 12.8 Å². The van der Waals surface area contributed by atoms with Gasteiger partial charge in [-0.25, -0.2) is 4.79 Å². The maximum atomic E-state index is 11.4. The van der Waals surface area contributed by atoms with Crippen LogP contribution in [-0.2, 0) is 14.3 Å². The first-order chi connectivity index (χ1) is 15.6. The number of nitrogens with one attached hydrogen (secondary N) is 1. The molecule has 1 saturated heterocycles. The monoisotopic (exact) mass is 467 g/mol. The fraction of sp³-hybridized carbons (Fsp3) is 0.708. The van der Waals surface area contributed by atoms with Gasteiger partial charge < -0.3 is 40.0 Å². The molecule has 9 heteroatoms. The SMILES string of the molecule is CC(C)(C)NC[C@H](COc1ccccc1C1CCCC1)O[C@H]1O[C@H](C(=O)O)[C@@H](O)[C@H](O)[C@H]1O. The first kappa shape index (κ1) is 25.9. The molecule has 5 N–H and O–H groups in total. The highest BCUT2D eigenvalue weighted by Gasteiger charge is 2.48. The van der Waals surface area contributed by atoms with Crippen molar-refractivity contribution in [1.82, 2.24) is 5.32 Å². The van der Waals surface area contributed by atoms with Crippen molar-refractivity contribution in [1.29, 1.82) is 0 Å². The van der Waals surface area contributed by atoms with E-state index in [1.807, 2.05) is 39.0 Å². The van der Waals surface area contributed by atoms with E-state index in [4.69, 9.17) is 14.2 Å². The van der Waals surface area contributed by atoms with Crippen LogP contribution < -0.4 is 10.1 Å².